The Morgan fingerprint density at radius 3 is 2.13 bits per heavy atom. The van der Waals surface area contributed by atoms with Crippen molar-refractivity contribution in [2.24, 2.45) is 16.7 Å². The lowest BCUT2D eigenvalue weighted by Crippen LogP contribution is -2.32. The van der Waals surface area contributed by atoms with Crippen LogP contribution in [0.4, 0.5) is 17.5 Å². The lowest BCUT2D eigenvalue weighted by atomic mass is 9.97. The molecule has 2 heterocycles. The highest BCUT2D eigenvalue weighted by molar-refractivity contribution is 5.76. The normalized spacial score (nSPS) is 13.8. The van der Waals surface area contributed by atoms with E-state index in [-0.39, 0.29) is 42.6 Å². The van der Waals surface area contributed by atoms with E-state index in [1.807, 2.05) is 4.90 Å². The van der Waals surface area contributed by atoms with Gasteiger partial charge in [0, 0.05) is 12.5 Å². The van der Waals surface area contributed by atoms with Crippen LogP contribution in [0.2, 0.25) is 0 Å². The molecule has 1 aromatic rings. The van der Waals surface area contributed by atoms with Crippen LogP contribution in [-0.4, -0.2) is 48.3 Å². The first kappa shape index (κ1) is 23.5. The molecule has 0 amide bonds. The molecule has 0 saturated heterocycles. The average Bonchev–Trinajstić information content (AvgIpc) is 3.02. The Morgan fingerprint density at radius 1 is 1.10 bits per heavy atom. The van der Waals surface area contributed by atoms with E-state index < -0.39 is 10.8 Å². The van der Waals surface area contributed by atoms with Gasteiger partial charge in [-0.3, -0.25) is 19.4 Å². The van der Waals surface area contributed by atoms with Crippen LogP contribution >= 0.6 is 0 Å². The summed E-state index contributed by atoms with van der Waals surface area (Å²) in [6.45, 7) is 11.9. The van der Waals surface area contributed by atoms with Crippen LogP contribution < -0.4 is 21.5 Å². The number of hydrogen-bond acceptors (Lipinski definition) is 9. The van der Waals surface area contributed by atoms with Crippen molar-refractivity contribution in [1.29, 1.82) is 0 Å². The van der Waals surface area contributed by atoms with Crippen LogP contribution in [0.5, 0.6) is 0 Å². The molecule has 0 aliphatic carbocycles. The zero-order chi connectivity index (χ0) is 22.7. The molecule has 1 aromatic heterocycles. The lowest BCUT2D eigenvalue weighted by Gasteiger charge is -2.25. The first-order valence-corrected chi connectivity index (χ1v) is 10.0. The van der Waals surface area contributed by atoms with Gasteiger partial charge >= 0.3 is 11.9 Å². The fourth-order valence-corrected chi connectivity index (χ4v) is 2.67. The predicted molar refractivity (Wildman–Crippen MR) is 114 cm³/mol. The first-order chi connectivity index (χ1) is 13.8. The van der Waals surface area contributed by atoms with Crippen molar-refractivity contribution >= 4 is 29.4 Å². The number of fused-ring (bicyclic) bond motifs is 1. The average molecular weight is 424 g/mol. The van der Waals surface area contributed by atoms with Crippen molar-refractivity contribution < 1.29 is 19.1 Å². The van der Waals surface area contributed by atoms with Gasteiger partial charge < -0.3 is 25.4 Å². The molecular formula is C20H33N5O5. The van der Waals surface area contributed by atoms with Gasteiger partial charge in [0.2, 0.25) is 5.95 Å². The van der Waals surface area contributed by atoms with Gasteiger partial charge in [0.1, 0.15) is 5.69 Å². The minimum Gasteiger partial charge on any atom is -0.465 e. The molecule has 2 rings (SSSR count). The molecule has 0 bridgehead atoms. The number of aromatic amines is 1. The molecule has 10 nitrogen and oxygen atoms in total. The van der Waals surface area contributed by atoms with Crippen molar-refractivity contribution in [2.45, 2.75) is 48.0 Å². The minimum absolute atomic E-state index is 0.0437. The Balaban J connectivity index is 2.03. The number of esters is 2. The summed E-state index contributed by atoms with van der Waals surface area (Å²) in [6.07, 6.45) is 0.560. The van der Waals surface area contributed by atoms with Gasteiger partial charge in [-0.25, -0.2) is 0 Å². The highest BCUT2D eigenvalue weighted by Crippen LogP contribution is 2.26. The van der Waals surface area contributed by atoms with Gasteiger partial charge in [0.15, 0.2) is 5.82 Å². The molecule has 0 atom stereocenters. The minimum atomic E-state index is -0.618. The van der Waals surface area contributed by atoms with E-state index in [4.69, 9.17) is 15.2 Å². The quantitative estimate of drug-likeness (QED) is 0.559. The lowest BCUT2D eigenvalue weighted by molar-refractivity contribution is -0.158. The second-order valence-corrected chi connectivity index (χ2v) is 9.60. The van der Waals surface area contributed by atoms with Crippen LogP contribution in [0.1, 0.15) is 48.0 Å². The maximum Gasteiger partial charge on any atom is 0.311 e. The molecule has 0 unspecified atom stereocenters. The summed E-state index contributed by atoms with van der Waals surface area (Å²) in [5, 5.41) is 3.00. The summed E-state index contributed by atoms with van der Waals surface area (Å²) in [6, 6.07) is 0. The zero-order valence-corrected chi connectivity index (χ0v) is 18.6. The molecule has 168 valence electrons. The van der Waals surface area contributed by atoms with E-state index >= 15 is 0 Å². The maximum atomic E-state index is 12.2. The van der Waals surface area contributed by atoms with Crippen LogP contribution in [-0.2, 0) is 19.1 Å². The Bertz CT molecular complexity index is 807. The second kappa shape index (κ2) is 8.93. The van der Waals surface area contributed by atoms with Crippen LogP contribution in [0.3, 0.4) is 0 Å². The Labute approximate surface area is 176 Å². The SMILES string of the molecule is CC(C)(C)C(=O)OCC(CCN1CNc2c1nc(N)[nH]c2=O)COC(=O)C(C)(C)C. The van der Waals surface area contributed by atoms with Gasteiger partial charge in [-0.1, -0.05) is 0 Å². The fraction of sp³-hybridized carbons (Fsp3) is 0.700. The molecule has 4 N–H and O–H groups in total. The largest absolute Gasteiger partial charge is 0.465 e. The third kappa shape index (κ3) is 6.11. The molecule has 0 aromatic carbocycles. The summed E-state index contributed by atoms with van der Waals surface area (Å²) in [5.74, 6) is -0.311. The number of nitrogen functional groups attached to an aromatic ring is 1. The number of carbonyl (C=O) groups excluding carboxylic acids is 2. The smallest absolute Gasteiger partial charge is 0.311 e. The van der Waals surface area contributed by atoms with E-state index in [1.54, 1.807) is 41.5 Å². The summed E-state index contributed by atoms with van der Waals surface area (Å²) < 4.78 is 10.9. The Kier molecular flexibility index (Phi) is 6.99. The molecule has 0 fully saturated rings. The summed E-state index contributed by atoms with van der Waals surface area (Å²) >= 11 is 0. The van der Waals surface area contributed by atoms with E-state index in [9.17, 15) is 14.4 Å². The van der Waals surface area contributed by atoms with E-state index in [1.165, 1.54) is 0 Å². The number of ether oxygens (including phenoxy) is 2. The number of nitrogens with two attached hydrogens (primary N) is 1. The maximum absolute atomic E-state index is 12.2. The van der Waals surface area contributed by atoms with Gasteiger partial charge in [-0.05, 0) is 48.0 Å². The van der Waals surface area contributed by atoms with Crippen molar-refractivity contribution in [3.8, 4) is 0 Å². The first-order valence-electron chi connectivity index (χ1n) is 10.0. The van der Waals surface area contributed by atoms with Crippen LogP contribution in [0.15, 0.2) is 4.79 Å². The molecule has 1 aliphatic heterocycles. The molecule has 0 spiro atoms. The standard InChI is InChI=1S/C20H33N5O5/c1-19(2,3)16(27)29-9-12(10-30-17(28)20(4,5)6)7-8-25-11-22-13-14(25)23-18(21)24-15(13)26/h12,22H,7-11H2,1-6H3,(H3,21,23,24,26). The molecule has 30 heavy (non-hydrogen) atoms. The third-order valence-corrected chi connectivity index (χ3v) is 4.60. The van der Waals surface area contributed by atoms with E-state index in [0.717, 1.165) is 0 Å². The number of H-pyrrole nitrogens is 1. The van der Waals surface area contributed by atoms with Gasteiger partial charge in [-0.15, -0.1) is 0 Å². The number of rotatable bonds is 7. The third-order valence-electron chi connectivity index (χ3n) is 4.60. The Morgan fingerprint density at radius 2 is 1.63 bits per heavy atom. The van der Waals surface area contributed by atoms with Crippen molar-refractivity contribution in [1.82, 2.24) is 9.97 Å². The molecule has 0 radical (unpaired) electrons. The molecule has 10 heteroatoms. The summed E-state index contributed by atoms with van der Waals surface area (Å²) in [5.41, 5.74) is 4.47. The van der Waals surface area contributed by atoms with Crippen molar-refractivity contribution in [2.75, 3.05) is 42.4 Å². The number of anilines is 3. The highest BCUT2D eigenvalue weighted by atomic mass is 16.5. The topological polar surface area (TPSA) is 140 Å². The van der Waals surface area contributed by atoms with Crippen LogP contribution in [0, 0.1) is 16.7 Å². The predicted octanol–water partition coefficient (Wildman–Crippen LogP) is 1.73. The van der Waals surface area contributed by atoms with Gasteiger partial charge in [0.25, 0.3) is 5.56 Å². The van der Waals surface area contributed by atoms with E-state index in [2.05, 4.69) is 15.3 Å². The van der Waals surface area contributed by atoms with Crippen LogP contribution in [0.25, 0.3) is 0 Å². The Hall–Kier alpha value is -2.78. The molecule has 1 aliphatic rings. The van der Waals surface area contributed by atoms with Crippen molar-refractivity contribution in [3.05, 3.63) is 10.4 Å². The zero-order valence-electron chi connectivity index (χ0n) is 18.6. The summed E-state index contributed by atoms with van der Waals surface area (Å²) in [7, 11) is 0. The van der Waals surface area contributed by atoms with E-state index in [0.29, 0.717) is 31.1 Å². The number of aromatic nitrogens is 2. The number of carbonyl (C=O) groups is 2. The molecule has 0 saturated carbocycles. The van der Waals surface area contributed by atoms with Gasteiger partial charge in [0.05, 0.1) is 30.7 Å². The number of nitrogens with one attached hydrogen (secondary N) is 2. The van der Waals surface area contributed by atoms with Crippen molar-refractivity contribution in [3.63, 3.8) is 0 Å². The number of hydrogen-bond donors (Lipinski definition) is 3. The molecular weight excluding hydrogens is 390 g/mol. The monoisotopic (exact) mass is 423 g/mol. The highest BCUT2D eigenvalue weighted by Gasteiger charge is 2.29. The summed E-state index contributed by atoms with van der Waals surface area (Å²) in [4.78, 5) is 44.8. The number of nitrogens with zero attached hydrogens (tertiary/aromatic N) is 2. The van der Waals surface area contributed by atoms with Gasteiger partial charge in [-0.2, -0.15) is 4.98 Å². The second-order valence-electron chi connectivity index (χ2n) is 9.60. The fourth-order valence-electron chi connectivity index (χ4n) is 2.67.